The first-order valence-electron chi connectivity index (χ1n) is 5.17. The van der Waals surface area contributed by atoms with Crippen molar-refractivity contribution in [3.63, 3.8) is 0 Å². The Kier molecular flexibility index (Phi) is 3.02. The highest BCUT2D eigenvalue weighted by Crippen LogP contribution is 2.22. The van der Waals surface area contributed by atoms with E-state index in [2.05, 4.69) is 0 Å². The fourth-order valence-electron chi connectivity index (χ4n) is 1.60. The summed E-state index contributed by atoms with van der Waals surface area (Å²) in [5.74, 6) is -0.361. The van der Waals surface area contributed by atoms with Crippen LogP contribution in [-0.2, 0) is 6.61 Å². The SMILES string of the molecule is Cc1ccc(-c2ccc(CO)c(F)c2)cc1. The first-order valence-corrected chi connectivity index (χ1v) is 5.17. The maximum absolute atomic E-state index is 13.5. The van der Waals surface area contributed by atoms with Gasteiger partial charge < -0.3 is 5.11 Å². The molecular formula is C14H13FO. The zero-order valence-corrected chi connectivity index (χ0v) is 9.07. The largest absolute Gasteiger partial charge is 0.392 e. The smallest absolute Gasteiger partial charge is 0.129 e. The standard InChI is InChI=1S/C14H13FO/c1-10-2-4-11(5-3-10)12-6-7-13(9-16)14(15)8-12/h2-8,16H,9H2,1H3. The number of rotatable bonds is 2. The molecule has 0 unspecified atom stereocenters. The monoisotopic (exact) mass is 216 g/mol. The molecule has 1 N–H and O–H groups in total. The fraction of sp³-hybridized carbons (Fsp3) is 0.143. The van der Waals surface area contributed by atoms with E-state index in [0.29, 0.717) is 5.56 Å². The molecule has 0 heterocycles. The topological polar surface area (TPSA) is 20.2 Å². The quantitative estimate of drug-likeness (QED) is 0.816. The molecule has 0 bridgehead atoms. The Morgan fingerprint density at radius 3 is 2.19 bits per heavy atom. The van der Waals surface area contributed by atoms with Gasteiger partial charge in [-0.15, -0.1) is 0 Å². The molecule has 0 saturated heterocycles. The van der Waals surface area contributed by atoms with E-state index in [-0.39, 0.29) is 12.4 Å². The molecule has 82 valence electrons. The maximum atomic E-state index is 13.5. The summed E-state index contributed by atoms with van der Waals surface area (Å²) in [4.78, 5) is 0. The Bertz CT molecular complexity index is 489. The summed E-state index contributed by atoms with van der Waals surface area (Å²) in [5, 5.41) is 8.88. The third kappa shape index (κ3) is 2.12. The molecule has 0 aliphatic rings. The molecule has 2 heteroatoms. The van der Waals surface area contributed by atoms with Crippen LogP contribution >= 0.6 is 0 Å². The molecule has 0 amide bonds. The molecule has 0 fully saturated rings. The Balaban J connectivity index is 2.41. The van der Waals surface area contributed by atoms with E-state index in [0.717, 1.165) is 11.1 Å². The van der Waals surface area contributed by atoms with Gasteiger partial charge in [0.2, 0.25) is 0 Å². The van der Waals surface area contributed by atoms with Crippen molar-refractivity contribution in [3.05, 3.63) is 59.4 Å². The first kappa shape index (κ1) is 10.8. The molecule has 16 heavy (non-hydrogen) atoms. The number of aliphatic hydroxyl groups is 1. The summed E-state index contributed by atoms with van der Waals surface area (Å²) in [6, 6.07) is 12.8. The van der Waals surface area contributed by atoms with E-state index < -0.39 is 0 Å². The Hall–Kier alpha value is -1.67. The van der Waals surface area contributed by atoms with E-state index in [9.17, 15) is 4.39 Å². The van der Waals surface area contributed by atoms with Gasteiger partial charge in [0.05, 0.1) is 6.61 Å². The predicted octanol–water partition coefficient (Wildman–Crippen LogP) is 3.29. The number of benzene rings is 2. The minimum absolute atomic E-state index is 0.264. The van der Waals surface area contributed by atoms with Crippen LogP contribution < -0.4 is 0 Å². The zero-order valence-electron chi connectivity index (χ0n) is 9.07. The van der Waals surface area contributed by atoms with Crippen molar-refractivity contribution >= 4 is 0 Å². The lowest BCUT2D eigenvalue weighted by molar-refractivity contribution is 0.276. The average molecular weight is 216 g/mol. The van der Waals surface area contributed by atoms with E-state index in [4.69, 9.17) is 5.11 Å². The van der Waals surface area contributed by atoms with Crippen molar-refractivity contribution < 1.29 is 9.50 Å². The lowest BCUT2D eigenvalue weighted by atomic mass is 10.0. The van der Waals surface area contributed by atoms with Crippen LogP contribution in [0.2, 0.25) is 0 Å². The minimum Gasteiger partial charge on any atom is -0.392 e. The molecule has 1 nitrogen and oxygen atoms in total. The van der Waals surface area contributed by atoms with E-state index in [1.807, 2.05) is 37.3 Å². The lowest BCUT2D eigenvalue weighted by Gasteiger charge is -2.05. The number of hydrogen-bond donors (Lipinski definition) is 1. The second-order valence-corrected chi connectivity index (χ2v) is 3.83. The molecule has 2 aromatic carbocycles. The van der Waals surface area contributed by atoms with Crippen LogP contribution in [-0.4, -0.2) is 5.11 Å². The average Bonchev–Trinajstić information content (AvgIpc) is 2.30. The Labute approximate surface area is 94.2 Å². The van der Waals surface area contributed by atoms with Crippen molar-refractivity contribution in [2.45, 2.75) is 13.5 Å². The normalized spacial score (nSPS) is 10.4. The summed E-state index contributed by atoms with van der Waals surface area (Å²) < 4.78 is 13.5. The summed E-state index contributed by atoms with van der Waals surface area (Å²) in [6.45, 7) is 1.75. The van der Waals surface area contributed by atoms with Crippen LogP contribution in [0.1, 0.15) is 11.1 Å². The number of halogens is 1. The highest BCUT2D eigenvalue weighted by Gasteiger charge is 2.03. The third-order valence-electron chi connectivity index (χ3n) is 2.61. The van der Waals surface area contributed by atoms with Gasteiger partial charge in [0, 0.05) is 5.56 Å². The Morgan fingerprint density at radius 1 is 1.00 bits per heavy atom. The Morgan fingerprint density at radius 2 is 1.62 bits per heavy atom. The molecule has 2 rings (SSSR count). The molecular weight excluding hydrogens is 203 g/mol. The van der Waals surface area contributed by atoms with Gasteiger partial charge in [-0.1, -0.05) is 42.0 Å². The number of hydrogen-bond acceptors (Lipinski definition) is 1. The molecule has 2 aromatic rings. The molecule has 0 aromatic heterocycles. The van der Waals surface area contributed by atoms with Gasteiger partial charge in [0.1, 0.15) is 5.82 Å². The molecule has 0 saturated carbocycles. The summed E-state index contributed by atoms with van der Waals surface area (Å²) in [5.41, 5.74) is 3.32. The molecule has 0 spiro atoms. The molecule has 0 atom stereocenters. The van der Waals surface area contributed by atoms with Gasteiger partial charge in [-0.05, 0) is 24.1 Å². The van der Waals surface area contributed by atoms with Gasteiger partial charge in [-0.25, -0.2) is 4.39 Å². The molecule has 0 radical (unpaired) electrons. The van der Waals surface area contributed by atoms with Crippen LogP contribution in [0.3, 0.4) is 0 Å². The van der Waals surface area contributed by atoms with E-state index in [1.54, 1.807) is 6.07 Å². The predicted molar refractivity (Wildman–Crippen MR) is 62.5 cm³/mol. The first-order chi connectivity index (χ1) is 7.70. The summed E-state index contributed by atoms with van der Waals surface area (Å²) in [6.07, 6.45) is 0. The van der Waals surface area contributed by atoms with Crippen LogP contribution in [0.4, 0.5) is 4.39 Å². The molecule has 0 aliphatic carbocycles. The van der Waals surface area contributed by atoms with Crippen molar-refractivity contribution in [1.82, 2.24) is 0 Å². The van der Waals surface area contributed by atoms with Gasteiger partial charge in [0.15, 0.2) is 0 Å². The number of aliphatic hydroxyl groups excluding tert-OH is 1. The van der Waals surface area contributed by atoms with Crippen molar-refractivity contribution in [2.24, 2.45) is 0 Å². The third-order valence-corrected chi connectivity index (χ3v) is 2.61. The fourth-order valence-corrected chi connectivity index (χ4v) is 1.60. The van der Waals surface area contributed by atoms with Gasteiger partial charge >= 0.3 is 0 Å². The summed E-state index contributed by atoms with van der Waals surface area (Å²) in [7, 11) is 0. The van der Waals surface area contributed by atoms with Crippen LogP contribution in [0.5, 0.6) is 0 Å². The van der Waals surface area contributed by atoms with Crippen LogP contribution in [0.25, 0.3) is 11.1 Å². The lowest BCUT2D eigenvalue weighted by Crippen LogP contribution is -1.90. The minimum atomic E-state index is -0.361. The number of aryl methyl sites for hydroxylation is 1. The van der Waals surface area contributed by atoms with Crippen molar-refractivity contribution in [3.8, 4) is 11.1 Å². The van der Waals surface area contributed by atoms with E-state index in [1.165, 1.54) is 11.6 Å². The van der Waals surface area contributed by atoms with Crippen LogP contribution in [0, 0.1) is 12.7 Å². The van der Waals surface area contributed by atoms with Gasteiger partial charge in [-0.3, -0.25) is 0 Å². The highest BCUT2D eigenvalue weighted by atomic mass is 19.1. The van der Waals surface area contributed by atoms with Gasteiger partial charge in [-0.2, -0.15) is 0 Å². The second kappa shape index (κ2) is 4.45. The second-order valence-electron chi connectivity index (χ2n) is 3.83. The van der Waals surface area contributed by atoms with Gasteiger partial charge in [0.25, 0.3) is 0 Å². The zero-order chi connectivity index (χ0) is 11.5. The summed E-state index contributed by atoms with van der Waals surface area (Å²) >= 11 is 0. The highest BCUT2D eigenvalue weighted by molar-refractivity contribution is 5.64. The maximum Gasteiger partial charge on any atom is 0.129 e. The van der Waals surface area contributed by atoms with Crippen molar-refractivity contribution in [1.29, 1.82) is 0 Å². The van der Waals surface area contributed by atoms with Crippen LogP contribution in [0.15, 0.2) is 42.5 Å². The van der Waals surface area contributed by atoms with Crippen molar-refractivity contribution in [2.75, 3.05) is 0 Å². The molecule has 0 aliphatic heterocycles. The van der Waals surface area contributed by atoms with E-state index >= 15 is 0 Å².